The van der Waals surface area contributed by atoms with Gasteiger partial charge >= 0.3 is 12.3 Å². The second-order valence-corrected chi connectivity index (χ2v) is 9.25. The summed E-state index contributed by atoms with van der Waals surface area (Å²) in [7, 11) is 1.66. The Labute approximate surface area is 204 Å². The van der Waals surface area contributed by atoms with Gasteiger partial charge in [0.1, 0.15) is 17.2 Å². The van der Waals surface area contributed by atoms with Crippen molar-refractivity contribution in [2.24, 2.45) is 0 Å². The summed E-state index contributed by atoms with van der Waals surface area (Å²) in [6, 6.07) is 8.25. The lowest BCUT2D eigenvalue weighted by atomic mass is 10.1. The van der Waals surface area contributed by atoms with E-state index in [4.69, 9.17) is 4.74 Å². The molecule has 0 saturated heterocycles. The third-order valence-electron chi connectivity index (χ3n) is 5.17. The molecule has 7 nitrogen and oxygen atoms in total. The van der Waals surface area contributed by atoms with Crippen LogP contribution in [0.5, 0.6) is 0 Å². The summed E-state index contributed by atoms with van der Waals surface area (Å²) in [4.78, 5) is 22.8. The van der Waals surface area contributed by atoms with Crippen LogP contribution in [0.3, 0.4) is 0 Å². The van der Waals surface area contributed by atoms with Crippen LogP contribution in [0.2, 0.25) is 0 Å². The zero-order chi connectivity index (χ0) is 26.3. The Kier molecular flexibility index (Phi) is 6.42. The van der Waals surface area contributed by atoms with Crippen molar-refractivity contribution in [2.45, 2.75) is 39.1 Å². The summed E-state index contributed by atoms with van der Waals surface area (Å²) in [5, 5.41) is 4.07. The molecule has 2 aromatic heterocycles. The molecular weight excluding hydrogens is 478 g/mol. The highest BCUT2D eigenvalue weighted by atomic mass is 19.4. The fourth-order valence-electron chi connectivity index (χ4n) is 3.49. The van der Waals surface area contributed by atoms with E-state index in [0.29, 0.717) is 22.4 Å². The number of halogens is 4. The van der Waals surface area contributed by atoms with Crippen molar-refractivity contribution in [1.82, 2.24) is 19.7 Å². The second-order valence-electron chi connectivity index (χ2n) is 9.25. The average molecular weight is 501 g/mol. The van der Waals surface area contributed by atoms with Gasteiger partial charge in [-0.05, 0) is 56.2 Å². The predicted molar refractivity (Wildman–Crippen MR) is 126 cm³/mol. The summed E-state index contributed by atoms with van der Waals surface area (Å²) in [6.07, 6.45) is -0.765. The van der Waals surface area contributed by atoms with Crippen LogP contribution in [-0.2, 0) is 17.5 Å². The molecule has 4 aromatic rings. The fourth-order valence-corrected chi connectivity index (χ4v) is 3.49. The average Bonchev–Trinajstić information content (AvgIpc) is 3.28. The minimum absolute atomic E-state index is 0.0749. The van der Waals surface area contributed by atoms with Crippen LogP contribution in [0.1, 0.15) is 31.9 Å². The second kappa shape index (κ2) is 9.21. The van der Waals surface area contributed by atoms with E-state index >= 15 is 0 Å². The lowest BCUT2D eigenvalue weighted by Gasteiger charge is -2.19. The van der Waals surface area contributed by atoms with Crippen LogP contribution in [-0.4, -0.2) is 38.5 Å². The van der Waals surface area contributed by atoms with E-state index in [-0.39, 0.29) is 12.1 Å². The zero-order valence-electron chi connectivity index (χ0n) is 20.0. The van der Waals surface area contributed by atoms with Gasteiger partial charge in [-0.15, -0.1) is 0 Å². The van der Waals surface area contributed by atoms with Gasteiger partial charge < -0.3 is 9.64 Å². The maximum Gasteiger partial charge on any atom is 0.435 e. The monoisotopic (exact) mass is 501 g/mol. The molecule has 0 saturated carbocycles. The molecule has 4 rings (SSSR count). The molecule has 188 valence electrons. The minimum atomic E-state index is -4.78. The van der Waals surface area contributed by atoms with Gasteiger partial charge in [-0.3, -0.25) is 4.98 Å². The van der Waals surface area contributed by atoms with E-state index in [0.717, 1.165) is 22.4 Å². The Balaban J connectivity index is 1.53. The van der Waals surface area contributed by atoms with E-state index in [1.807, 2.05) is 0 Å². The number of carbonyl (C=O) groups excluding carboxylic acids is 1. The molecule has 0 bridgehead atoms. The molecule has 0 aliphatic carbocycles. The van der Waals surface area contributed by atoms with E-state index in [9.17, 15) is 22.4 Å². The first-order valence-corrected chi connectivity index (χ1v) is 10.9. The van der Waals surface area contributed by atoms with E-state index in [2.05, 4.69) is 15.1 Å². The van der Waals surface area contributed by atoms with Crippen LogP contribution in [0.4, 0.5) is 28.2 Å². The molecule has 0 aliphatic rings. The van der Waals surface area contributed by atoms with Crippen LogP contribution in [0, 0.1) is 5.82 Å². The molecule has 0 amide bonds. The Morgan fingerprint density at radius 3 is 2.47 bits per heavy atom. The number of fused-ring (bicyclic) bond motifs is 1. The van der Waals surface area contributed by atoms with Crippen molar-refractivity contribution in [3.05, 3.63) is 71.9 Å². The Bertz CT molecular complexity index is 1430. The van der Waals surface area contributed by atoms with Gasteiger partial charge in [0.25, 0.3) is 0 Å². The number of benzene rings is 2. The van der Waals surface area contributed by atoms with Gasteiger partial charge in [0.15, 0.2) is 0 Å². The van der Waals surface area contributed by atoms with Crippen molar-refractivity contribution in [3.8, 4) is 11.1 Å². The molecule has 0 unspecified atom stereocenters. The molecule has 11 heteroatoms. The number of hydrogen-bond acceptors (Lipinski definition) is 6. The maximum atomic E-state index is 13.6. The number of anilines is 1. The number of hydrogen-bond donors (Lipinski definition) is 0. The topological polar surface area (TPSA) is 73.1 Å². The summed E-state index contributed by atoms with van der Waals surface area (Å²) >= 11 is 0. The molecule has 2 aromatic carbocycles. The number of ether oxygens (including phenoxy) is 1. The molecular formula is C25H23F4N5O2. The van der Waals surface area contributed by atoms with Crippen LogP contribution in [0.15, 0.2) is 55.0 Å². The van der Waals surface area contributed by atoms with Crippen LogP contribution in [0.25, 0.3) is 22.2 Å². The maximum absolute atomic E-state index is 13.6. The predicted octanol–water partition coefficient (Wildman–Crippen LogP) is 6.07. The molecule has 0 spiro atoms. The first kappa shape index (κ1) is 25.1. The van der Waals surface area contributed by atoms with Gasteiger partial charge in [0.2, 0.25) is 0 Å². The van der Waals surface area contributed by atoms with Crippen molar-refractivity contribution < 1.29 is 27.1 Å². The van der Waals surface area contributed by atoms with Gasteiger partial charge in [0.05, 0.1) is 29.0 Å². The summed E-state index contributed by atoms with van der Waals surface area (Å²) in [5.74, 6) is -0.877. The third kappa shape index (κ3) is 5.61. The highest BCUT2D eigenvalue weighted by molar-refractivity contribution is 5.82. The van der Waals surface area contributed by atoms with Crippen molar-refractivity contribution in [1.29, 1.82) is 0 Å². The molecule has 0 aliphatic heterocycles. The first-order valence-electron chi connectivity index (χ1n) is 10.9. The van der Waals surface area contributed by atoms with E-state index in [1.165, 1.54) is 12.3 Å². The van der Waals surface area contributed by atoms with Crippen LogP contribution >= 0.6 is 0 Å². The molecule has 36 heavy (non-hydrogen) atoms. The largest absolute Gasteiger partial charge is 0.442 e. The zero-order valence-corrected chi connectivity index (χ0v) is 20.0. The molecule has 2 heterocycles. The van der Waals surface area contributed by atoms with Crippen molar-refractivity contribution in [3.63, 3.8) is 0 Å². The minimum Gasteiger partial charge on any atom is -0.442 e. The Hall–Kier alpha value is -4.02. The standard InChI is InChI=1S/C25H23F4N5O2/c1-24(2,3)36-23(35)34-14-17(11-31-34)16-6-8-20-21(10-16)30-12-22(32-20)33(4)13-15-5-7-19(26)18(9-15)25(27,28)29/h5-12,14H,13H2,1-4H3. The van der Waals surface area contributed by atoms with Crippen LogP contribution < -0.4 is 4.90 Å². The van der Waals surface area contributed by atoms with Crippen molar-refractivity contribution in [2.75, 3.05) is 11.9 Å². The highest BCUT2D eigenvalue weighted by Crippen LogP contribution is 2.32. The van der Waals surface area contributed by atoms with Gasteiger partial charge in [-0.25, -0.2) is 14.2 Å². The first-order chi connectivity index (χ1) is 16.8. The van der Waals surface area contributed by atoms with E-state index < -0.39 is 29.3 Å². The van der Waals surface area contributed by atoms with Gasteiger partial charge in [-0.1, -0.05) is 12.1 Å². The number of rotatable bonds is 4. The smallest absolute Gasteiger partial charge is 0.435 e. The number of alkyl halides is 3. The number of carbonyl (C=O) groups is 1. The molecule has 0 radical (unpaired) electrons. The van der Waals surface area contributed by atoms with Gasteiger partial charge in [0, 0.05) is 25.4 Å². The quantitative estimate of drug-likeness (QED) is 0.316. The summed E-state index contributed by atoms with van der Waals surface area (Å²) < 4.78 is 59.1. The molecule has 0 N–H and O–H groups in total. The summed E-state index contributed by atoms with van der Waals surface area (Å²) in [5.41, 5.74) is 0.921. The molecule has 0 atom stereocenters. The third-order valence-corrected chi connectivity index (χ3v) is 5.17. The number of nitrogens with zero attached hydrogens (tertiary/aromatic N) is 5. The lowest BCUT2D eigenvalue weighted by Crippen LogP contribution is -2.27. The SMILES string of the molecule is CN(Cc1ccc(F)c(C(F)(F)F)c1)c1cnc2cc(-c3cnn(C(=O)OC(C)(C)C)c3)ccc2n1. The molecule has 0 fully saturated rings. The Morgan fingerprint density at radius 2 is 1.78 bits per heavy atom. The van der Waals surface area contributed by atoms with E-state index in [1.54, 1.807) is 63.3 Å². The normalized spacial score (nSPS) is 12.1. The number of aromatic nitrogens is 4. The van der Waals surface area contributed by atoms with Gasteiger partial charge in [-0.2, -0.15) is 23.0 Å². The van der Waals surface area contributed by atoms with Crippen molar-refractivity contribution >= 4 is 22.9 Å². The highest BCUT2D eigenvalue weighted by Gasteiger charge is 2.34. The summed E-state index contributed by atoms with van der Waals surface area (Å²) in [6.45, 7) is 5.37. The fraction of sp³-hybridized carbons (Fsp3) is 0.280. The lowest BCUT2D eigenvalue weighted by molar-refractivity contribution is -0.140. The Morgan fingerprint density at radius 1 is 1.03 bits per heavy atom.